The summed E-state index contributed by atoms with van der Waals surface area (Å²) < 4.78 is 0. The van der Waals surface area contributed by atoms with E-state index in [-0.39, 0.29) is 18.5 Å². The highest BCUT2D eigenvalue weighted by Gasteiger charge is 2.22. The Morgan fingerprint density at radius 3 is 2.74 bits per heavy atom. The molecule has 1 amide bonds. The Labute approximate surface area is 115 Å². The first kappa shape index (κ1) is 16.0. The third-order valence-corrected chi connectivity index (χ3v) is 3.91. The van der Waals surface area contributed by atoms with E-state index in [1.807, 2.05) is 13.8 Å². The number of nitrogens with one attached hydrogen (secondary N) is 1. The Kier molecular flexibility index (Phi) is 6.84. The quantitative estimate of drug-likeness (QED) is 0.735. The molecule has 19 heavy (non-hydrogen) atoms. The average molecular weight is 270 g/mol. The van der Waals surface area contributed by atoms with Gasteiger partial charge >= 0.3 is 5.97 Å². The molecule has 0 saturated carbocycles. The first-order valence-corrected chi connectivity index (χ1v) is 7.26. The molecule has 2 unspecified atom stereocenters. The molecular formula is C14H26N2O3. The smallest absolute Gasteiger partial charge is 0.323 e. The number of aliphatic carboxylic acids is 1. The molecule has 0 radical (unpaired) electrons. The van der Waals surface area contributed by atoms with Crippen molar-refractivity contribution in [1.29, 1.82) is 0 Å². The number of rotatable bonds is 7. The zero-order chi connectivity index (χ0) is 14.3. The van der Waals surface area contributed by atoms with Crippen molar-refractivity contribution in [2.75, 3.05) is 19.6 Å². The van der Waals surface area contributed by atoms with Gasteiger partial charge in [-0.1, -0.05) is 6.92 Å². The van der Waals surface area contributed by atoms with Gasteiger partial charge in [-0.25, -0.2) is 0 Å². The van der Waals surface area contributed by atoms with Gasteiger partial charge in [0.2, 0.25) is 5.91 Å². The van der Waals surface area contributed by atoms with Gasteiger partial charge in [-0.15, -0.1) is 0 Å². The monoisotopic (exact) mass is 270 g/mol. The van der Waals surface area contributed by atoms with Gasteiger partial charge in [-0.2, -0.15) is 0 Å². The van der Waals surface area contributed by atoms with Crippen LogP contribution in [0, 0.1) is 5.92 Å². The van der Waals surface area contributed by atoms with E-state index in [4.69, 9.17) is 5.11 Å². The van der Waals surface area contributed by atoms with Crippen molar-refractivity contribution < 1.29 is 14.7 Å². The van der Waals surface area contributed by atoms with Crippen molar-refractivity contribution in [3.05, 3.63) is 0 Å². The summed E-state index contributed by atoms with van der Waals surface area (Å²) in [5.41, 5.74) is 0. The predicted molar refractivity (Wildman–Crippen MR) is 73.9 cm³/mol. The van der Waals surface area contributed by atoms with Crippen LogP contribution in [0.2, 0.25) is 0 Å². The molecule has 0 aromatic carbocycles. The summed E-state index contributed by atoms with van der Waals surface area (Å²) in [4.78, 5) is 24.5. The third-order valence-electron chi connectivity index (χ3n) is 3.91. The number of carboxylic acids is 1. The van der Waals surface area contributed by atoms with Crippen LogP contribution in [0.25, 0.3) is 0 Å². The van der Waals surface area contributed by atoms with Crippen molar-refractivity contribution in [1.82, 2.24) is 10.2 Å². The zero-order valence-corrected chi connectivity index (χ0v) is 12.0. The highest BCUT2D eigenvalue weighted by molar-refractivity contribution is 5.81. The van der Waals surface area contributed by atoms with Crippen molar-refractivity contribution in [2.24, 2.45) is 5.92 Å². The molecule has 0 bridgehead atoms. The van der Waals surface area contributed by atoms with Gasteiger partial charge in [-0.05, 0) is 51.6 Å². The number of amides is 1. The molecule has 1 rings (SSSR count). The summed E-state index contributed by atoms with van der Waals surface area (Å²) in [6, 6.07) is -0.00641. The van der Waals surface area contributed by atoms with Crippen LogP contribution in [0.4, 0.5) is 0 Å². The second kappa shape index (κ2) is 8.15. The normalized spacial score (nSPS) is 20.8. The van der Waals surface area contributed by atoms with Gasteiger partial charge in [0, 0.05) is 12.5 Å². The van der Waals surface area contributed by atoms with Crippen LogP contribution in [0.5, 0.6) is 0 Å². The van der Waals surface area contributed by atoms with Gasteiger partial charge in [0.15, 0.2) is 0 Å². The fourth-order valence-corrected chi connectivity index (χ4v) is 2.50. The molecule has 110 valence electrons. The molecule has 2 atom stereocenters. The molecule has 5 heteroatoms. The molecule has 1 heterocycles. The molecule has 1 fully saturated rings. The topological polar surface area (TPSA) is 69.6 Å². The minimum Gasteiger partial charge on any atom is -0.480 e. The lowest BCUT2D eigenvalue weighted by molar-refractivity contribution is -0.146. The number of nitrogens with zero attached hydrogens (tertiary/aromatic N) is 1. The lowest BCUT2D eigenvalue weighted by Gasteiger charge is -2.28. The summed E-state index contributed by atoms with van der Waals surface area (Å²) in [5, 5.41) is 12.2. The van der Waals surface area contributed by atoms with Gasteiger partial charge in [-0.3, -0.25) is 9.59 Å². The highest BCUT2D eigenvalue weighted by atomic mass is 16.4. The molecule has 0 aliphatic carbocycles. The molecule has 0 aromatic heterocycles. The SMILES string of the molecule is CCC(C)N(CC(=O)O)C(=O)CCC1CCCNC1. The predicted octanol–water partition coefficient (Wildman–Crippen LogP) is 1.48. The highest BCUT2D eigenvalue weighted by Crippen LogP contribution is 2.17. The maximum atomic E-state index is 12.2. The van der Waals surface area contributed by atoms with Crippen LogP contribution in [-0.2, 0) is 9.59 Å². The zero-order valence-electron chi connectivity index (χ0n) is 12.0. The maximum Gasteiger partial charge on any atom is 0.323 e. The Hall–Kier alpha value is -1.10. The Morgan fingerprint density at radius 2 is 2.21 bits per heavy atom. The summed E-state index contributed by atoms with van der Waals surface area (Å²) in [6.45, 7) is 5.75. The van der Waals surface area contributed by atoms with Crippen LogP contribution < -0.4 is 5.32 Å². The molecule has 0 spiro atoms. The number of carboxylic acid groups (broad SMARTS) is 1. The Morgan fingerprint density at radius 1 is 1.47 bits per heavy atom. The minimum atomic E-state index is -0.937. The minimum absolute atomic E-state index is 0.00641. The number of hydrogen-bond donors (Lipinski definition) is 2. The second-order valence-electron chi connectivity index (χ2n) is 5.42. The number of carbonyl (C=O) groups is 2. The molecule has 5 nitrogen and oxygen atoms in total. The standard InChI is InChI=1S/C14H26N2O3/c1-3-11(2)16(10-14(18)19)13(17)7-6-12-5-4-8-15-9-12/h11-12,15H,3-10H2,1-2H3,(H,18,19). The molecule has 0 aromatic rings. The van der Waals surface area contributed by atoms with Crippen LogP contribution in [0.1, 0.15) is 46.0 Å². The van der Waals surface area contributed by atoms with Gasteiger partial charge in [0.25, 0.3) is 0 Å². The molecule has 1 aliphatic heterocycles. The third kappa shape index (κ3) is 5.59. The van der Waals surface area contributed by atoms with E-state index in [9.17, 15) is 9.59 Å². The van der Waals surface area contributed by atoms with Crippen molar-refractivity contribution in [2.45, 2.75) is 52.0 Å². The van der Waals surface area contributed by atoms with E-state index in [1.165, 1.54) is 17.7 Å². The average Bonchev–Trinajstić information content (AvgIpc) is 2.42. The molecule has 1 saturated heterocycles. The molecular weight excluding hydrogens is 244 g/mol. The largest absolute Gasteiger partial charge is 0.480 e. The fraction of sp³-hybridized carbons (Fsp3) is 0.857. The van der Waals surface area contributed by atoms with E-state index < -0.39 is 5.97 Å². The first-order chi connectivity index (χ1) is 9.04. The first-order valence-electron chi connectivity index (χ1n) is 7.26. The van der Waals surface area contributed by atoms with Gasteiger partial charge in [0.05, 0.1) is 0 Å². The molecule has 2 N–H and O–H groups in total. The second-order valence-corrected chi connectivity index (χ2v) is 5.42. The summed E-state index contributed by atoms with van der Waals surface area (Å²) in [5.74, 6) is -0.406. The van der Waals surface area contributed by atoms with E-state index in [0.29, 0.717) is 12.3 Å². The Bertz CT molecular complexity index is 301. The van der Waals surface area contributed by atoms with E-state index in [0.717, 1.165) is 25.9 Å². The van der Waals surface area contributed by atoms with Crippen LogP contribution >= 0.6 is 0 Å². The summed E-state index contributed by atoms with van der Waals surface area (Å²) in [6.07, 6.45) is 4.44. The van der Waals surface area contributed by atoms with Crippen molar-refractivity contribution >= 4 is 11.9 Å². The molecule has 1 aliphatic rings. The van der Waals surface area contributed by atoms with Crippen molar-refractivity contribution in [3.63, 3.8) is 0 Å². The number of carbonyl (C=O) groups excluding carboxylic acids is 1. The van der Waals surface area contributed by atoms with E-state index >= 15 is 0 Å². The van der Waals surface area contributed by atoms with Crippen molar-refractivity contribution in [3.8, 4) is 0 Å². The Balaban J connectivity index is 2.43. The summed E-state index contributed by atoms with van der Waals surface area (Å²) >= 11 is 0. The van der Waals surface area contributed by atoms with Crippen LogP contribution in [-0.4, -0.2) is 47.6 Å². The number of hydrogen-bond acceptors (Lipinski definition) is 3. The van der Waals surface area contributed by atoms with Gasteiger partial charge < -0.3 is 15.3 Å². The lowest BCUT2D eigenvalue weighted by Crippen LogP contribution is -2.42. The van der Waals surface area contributed by atoms with Crippen LogP contribution in [0.3, 0.4) is 0 Å². The lowest BCUT2D eigenvalue weighted by atomic mass is 9.94. The van der Waals surface area contributed by atoms with Crippen LogP contribution in [0.15, 0.2) is 0 Å². The summed E-state index contributed by atoms with van der Waals surface area (Å²) in [7, 11) is 0. The number of piperidine rings is 1. The van der Waals surface area contributed by atoms with Gasteiger partial charge in [0.1, 0.15) is 6.54 Å². The fourth-order valence-electron chi connectivity index (χ4n) is 2.50. The van der Waals surface area contributed by atoms with E-state index in [1.54, 1.807) is 0 Å². The van der Waals surface area contributed by atoms with E-state index in [2.05, 4.69) is 5.32 Å². The maximum absolute atomic E-state index is 12.2.